The second-order valence-electron chi connectivity index (χ2n) is 5.91. The Bertz CT molecular complexity index is 925. The van der Waals surface area contributed by atoms with Gasteiger partial charge in [0.2, 0.25) is 5.91 Å². The second kappa shape index (κ2) is 9.09. The highest BCUT2D eigenvalue weighted by atomic mass is 32.1. The van der Waals surface area contributed by atoms with Gasteiger partial charge in [0.15, 0.2) is 0 Å². The van der Waals surface area contributed by atoms with E-state index in [2.05, 4.69) is 10.6 Å². The molecule has 3 rings (SSSR count). The van der Waals surface area contributed by atoms with Gasteiger partial charge in [-0.1, -0.05) is 48.5 Å². The van der Waals surface area contributed by atoms with Gasteiger partial charge in [-0.05, 0) is 23.8 Å². The zero-order valence-corrected chi connectivity index (χ0v) is 15.4. The number of thiophene rings is 1. The molecule has 1 heterocycles. The molecule has 0 aliphatic carbocycles. The lowest BCUT2D eigenvalue weighted by molar-refractivity contribution is -0.120. The number of benzene rings is 2. The van der Waals surface area contributed by atoms with Crippen molar-refractivity contribution >= 4 is 23.2 Å². The smallest absolute Gasteiger partial charge is 0.261 e. The summed E-state index contributed by atoms with van der Waals surface area (Å²) in [5, 5.41) is 5.54. The van der Waals surface area contributed by atoms with Gasteiger partial charge in [0.1, 0.15) is 5.82 Å². The summed E-state index contributed by atoms with van der Waals surface area (Å²) in [5.74, 6) is -0.638. The molecule has 0 aliphatic heterocycles. The van der Waals surface area contributed by atoms with Crippen LogP contribution in [0.2, 0.25) is 0 Å². The molecule has 2 aromatic carbocycles. The summed E-state index contributed by atoms with van der Waals surface area (Å²) in [7, 11) is 0. The molecule has 0 fully saturated rings. The van der Waals surface area contributed by atoms with E-state index in [0.29, 0.717) is 34.8 Å². The average Bonchev–Trinajstić information content (AvgIpc) is 3.16. The van der Waals surface area contributed by atoms with E-state index in [4.69, 9.17) is 0 Å². The molecular weight excluding hydrogens is 363 g/mol. The summed E-state index contributed by atoms with van der Waals surface area (Å²) < 4.78 is 13.8. The summed E-state index contributed by atoms with van der Waals surface area (Å²) in [6.07, 6.45) is 0.311. The largest absolute Gasteiger partial charge is 0.354 e. The maximum absolute atomic E-state index is 13.8. The number of rotatable bonds is 7. The van der Waals surface area contributed by atoms with Gasteiger partial charge in [-0.15, -0.1) is 11.3 Å². The van der Waals surface area contributed by atoms with Crippen molar-refractivity contribution in [1.82, 2.24) is 10.6 Å². The van der Waals surface area contributed by atoms with Crippen LogP contribution < -0.4 is 10.6 Å². The maximum Gasteiger partial charge on any atom is 0.261 e. The lowest BCUT2D eigenvalue weighted by Crippen LogP contribution is -2.35. The summed E-state index contributed by atoms with van der Waals surface area (Å²) in [6, 6.07) is 19.4. The zero-order valence-electron chi connectivity index (χ0n) is 14.6. The molecule has 0 atom stereocenters. The van der Waals surface area contributed by atoms with E-state index >= 15 is 0 Å². The van der Waals surface area contributed by atoms with Gasteiger partial charge in [0.25, 0.3) is 5.91 Å². The molecule has 1 aromatic heterocycles. The van der Waals surface area contributed by atoms with Gasteiger partial charge in [-0.3, -0.25) is 9.59 Å². The molecule has 0 radical (unpaired) electrons. The van der Waals surface area contributed by atoms with Crippen molar-refractivity contribution in [2.24, 2.45) is 0 Å². The van der Waals surface area contributed by atoms with Crippen molar-refractivity contribution < 1.29 is 14.0 Å². The van der Waals surface area contributed by atoms with E-state index in [1.807, 2.05) is 30.3 Å². The van der Waals surface area contributed by atoms with Gasteiger partial charge in [0.05, 0.1) is 11.3 Å². The van der Waals surface area contributed by atoms with E-state index in [-0.39, 0.29) is 17.6 Å². The molecule has 0 aliphatic rings. The summed E-state index contributed by atoms with van der Waals surface area (Å²) in [5.41, 5.74) is 1.42. The highest BCUT2D eigenvalue weighted by Crippen LogP contribution is 2.29. The van der Waals surface area contributed by atoms with E-state index in [9.17, 15) is 14.0 Å². The quantitative estimate of drug-likeness (QED) is 0.613. The van der Waals surface area contributed by atoms with Crippen molar-refractivity contribution in [2.45, 2.75) is 6.42 Å². The SMILES string of the molecule is O=C(Cc1ccccc1)NCCNC(=O)c1ccc(-c2ccccc2F)s1. The molecule has 0 saturated heterocycles. The number of amides is 2. The third-order valence-corrected chi connectivity index (χ3v) is 5.03. The molecular formula is C21H19FN2O2S. The zero-order chi connectivity index (χ0) is 19.1. The van der Waals surface area contributed by atoms with Crippen LogP contribution in [0.5, 0.6) is 0 Å². The second-order valence-corrected chi connectivity index (χ2v) is 7.00. The lowest BCUT2D eigenvalue weighted by atomic mass is 10.1. The fourth-order valence-electron chi connectivity index (χ4n) is 2.57. The van der Waals surface area contributed by atoms with Crippen molar-refractivity contribution in [1.29, 1.82) is 0 Å². The molecule has 0 unspecified atom stereocenters. The van der Waals surface area contributed by atoms with Crippen LogP contribution in [-0.2, 0) is 11.2 Å². The number of hydrogen-bond donors (Lipinski definition) is 2. The van der Waals surface area contributed by atoms with Crippen LogP contribution in [0.3, 0.4) is 0 Å². The highest BCUT2D eigenvalue weighted by Gasteiger charge is 2.12. The molecule has 0 saturated carbocycles. The predicted molar refractivity (Wildman–Crippen MR) is 105 cm³/mol. The van der Waals surface area contributed by atoms with E-state index in [0.717, 1.165) is 5.56 Å². The van der Waals surface area contributed by atoms with Crippen LogP contribution in [0.1, 0.15) is 15.2 Å². The first-order valence-electron chi connectivity index (χ1n) is 8.57. The summed E-state index contributed by atoms with van der Waals surface area (Å²) in [6.45, 7) is 0.676. The molecule has 138 valence electrons. The van der Waals surface area contributed by atoms with Crippen molar-refractivity contribution in [2.75, 3.05) is 13.1 Å². The molecule has 3 aromatic rings. The maximum atomic E-state index is 13.8. The predicted octanol–water partition coefficient (Wildman–Crippen LogP) is 3.64. The minimum atomic E-state index is -0.313. The number of hydrogen-bond acceptors (Lipinski definition) is 3. The Morgan fingerprint density at radius 2 is 1.56 bits per heavy atom. The number of nitrogens with one attached hydrogen (secondary N) is 2. The lowest BCUT2D eigenvalue weighted by Gasteiger charge is -2.06. The standard InChI is InChI=1S/C21H19FN2O2S/c22-17-9-5-4-8-16(17)18-10-11-19(27-18)21(26)24-13-12-23-20(25)14-15-6-2-1-3-7-15/h1-11H,12-14H2,(H,23,25)(H,24,26). The van der Waals surface area contributed by atoms with Gasteiger partial charge >= 0.3 is 0 Å². The van der Waals surface area contributed by atoms with Crippen molar-refractivity contribution in [3.8, 4) is 10.4 Å². The highest BCUT2D eigenvalue weighted by molar-refractivity contribution is 7.17. The van der Waals surface area contributed by atoms with Crippen LogP contribution in [0, 0.1) is 5.82 Å². The van der Waals surface area contributed by atoms with Gasteiger partial charge in [-0.2, -0.15) is 0 Å². The molecule has 27 heavy (non-hydrogen) atoms. The van der Waals surface area contributed by atoms with Gasteiger partial charge in [0, 0.05) is 23.5 Å². The van der Waals surface area contributed by atoms with E-state index in [1.165, 1.54) is 17.4 Å². The summed E-state index contributed by atoms with van der Waals surface area (Å²) >= 11 is 1.23. The monoisotopic (exact) mass is 382 g/mol. The van der Waals surface area contributed by atoms with Crippen molar-refractivity contribution in [3.63, 3.8) is 0 Å². The summed E-state index contributed by atoms with van der Waals surface area (Å²) in [4.78, 5) is 25.3. The fraction of sp³-hybridized carbons (Fsp3) is 0.143. The minimum Gasteiger partial charge on any atom is -0.354 e. The van der Waals surface area contributed by atoms with E-state index in [1.54, 1.807) is 30.3 Å². The Balaban J connectivity index is 1.45. The van der Waals surface area contributed by atoms with Crippen LogP contribution in [0.4, 0.5) is 4.39 Å². The normalized spacial score (nSPS) is 10.4. The van der Waals surface area contributed by atoms with Crippen LogP contribution >= 0.6 is 11.3 Å². The number of halogens is 1. The average molecular weight is 382 g/mol. The molecule has 2 amide bonds. The van der Waals surface area contributed by atoms with Gasteiger partial charge < -0.3 is 10.6 Å². The minimum absolute atomic E-state index is 0.0894. The first-order chi connectivity index (χ1) is 13.1. The fourth-order valence-corrected chi connectivity index (χ4v) is 3.52. The van der Waals surface area contributed by atoms with Gasteiger partial charge in [-0.25, -0.2) is 4.39 Å². The number of carbonyl (C=O) groups is 2. The first kappa shape index (κ1) is 18.8. The van der Waals surface area contributed by atoms with Crippen LogP contribution in [-0.4, -0.2) is 24.9 Å². The molecule has 0 spiro atoms. The van der Waals surface area contributed by atoms with E-state index < -0.39 is 0 Å². The number of carbonyl (C=O) groups excluding carboxylic acids is 2. The topological polar surface area (TPSA) is 58.2 Å². The van der Waals surface area contributed by atoms with Crippen LogP contribution in [0.15, 0.2) is 66.7 Å². The third-order valence-electron chi connectivity index (χ3n) is 3.91. The van der Waals surface area contributed by atoms with Crippen LogP contribution in [0.25, 0.3) is 10.4 Å². The third kappa shape index (κ3) is 5.24. The Hall–Kier alpha value is -2.99. The Morgan fingerprint density at radius 3 is 2.33 bits per heavy atom. The molecule has 4 nitrogen and oxygen atoms in total. The van der Waals surface area contributed by atoms with Crippen molar-refractivity contribution in [3.05, 3.63) is 83.0 Å². The first-order valence-corrected chi connectivity index (χ1v) is 9.38. The molecule has 0 bridgehead atoms. The molecule has 6 heteroatoms. The Labute approximate surface area is 161 Å². The molecule has 2 N–H and O–H groups in total. The Morgan fingerprint density at radius 1 is 0.852 bits per heavy atom. The Kier molecular flexibility index (Phi) is 6.33.